The highest BCUT2D eigenvalue weighted by Crippen LogP contribution is 2.41. The lowest BCUT2D eigenvalue weighted by molar-refractivity contribution is -0.140. The second kappa shape index (κ2) is 11.3. The van der Waals surface area contributed by atoms with E-state index < -0.39 is 29.3 Å². The number of carbonyl (C=O) groups excluding carboxylic acids is 2. The fraction of sp³-hybridized carbons (Fsp3) is 0.241. The van der Waals surface area contributed by atoms with Crippen molar-refractivity contribution in [3.63, 3.8) is 0 Å². The molecular weight excluding hydrogens is 477 g/mol. The molecule has 0 aromatic heterocycles. The molecule has 3 aromatic carbocycles. The third-order valence-electron chi connectivity index (χ3n) is 6.34. The molecule has 37 heavy (non-hydrogen) atoms. The number of aryl methyl sites for hydroxylation is 1. The zero-order valence-electron chi connectivity index (χ0n) is 20.9. The fourth-order valence-corrected chi connectivity index (χ4v) is 4.34. The number of hydrogen-bond donors (Lipinski definition) is 1. The van der Waals surface area contributed by atoms with Crippen LogP contribution in [0.5, 0.6) is 11.5 Å². The van der Waals surface area contributed by atoms with Crippen LogP contribution in [0.1, 0.15) is 28.3 Å². The van der Waals surface area contributed by atoms with Crippen molar-refractivity contribution in [3.8, 4) is 11.5 Å². The van der Waals surface area contributed by atoms with E-state index in [-0.39, 0.29) is 30.0 Å². The number of hydrogen-bond acceptors (Lipinski definition) is 6. The molecule has 0 saturated carbocycles. The van der Waals surface area contributed by atoms with Gasteiger partial charge in [0, 0.05) is 13.7 Å². The first kappa shape index (κ1) is 25.9. The Morgan fingerprint density at radius 3 is 2.43 bits per heavy atom. The molecule has 0 radical (unpaired) electrons. The average Bonchev–Trinajstić information content (AvgIpc) is 3.16. The highest BCUT2D eigenvalue weighted by molar-refractivity contribution is 6.46. The Hall–Kier alpha value is -4.17. The Morgan fingerprint density at radius 1 is 1.03 bits per heavy atom. The van der Waals surface area contributed by atoms with Crippen LogP contribution in [0, 0.1) is 12.7 Å². The summed E-state index contributed by atoms with van der Waals surface area (Å²) in [7, 11) is 2.86. The summed E-state index contributed by atoms with van der Waals surface area (Å²) in [5, 5.41) is 11.2. The first-order valence-corrected chi connectivity index (χ1v) is 11.7. The summed E-state index contributed by atoms with van der Waals surface area (Å²) in [6.07, 6.45) is 0. The minimum Gasteiger partial charge on any atom is -0.507 e. The molecule has 1 saturated heterocycles. The number of amides is 1. The second-order valence-corrected chi connectivity index (χ2v) is 8.61. The van der Waals surface area contributed by atoms with Gasteiger partial charge in [-0.25, -0.2) is 4.39 Å². The van der Waals surface area contributed by atoms with E-state index in [1.165, 1.54) is 31.3 Å². The van der Waals surface area contributed by atoms with Gasteiger partial charge in [0.1, 0.15) is 29.7 Å². The molecule has 0 aliphatic carbocycles. The van der Waals surface area contributed by atoms with Gasteiger partial charge >= 0.3 is 0 Å². The number of Topliss-reactive ketones (excluding diaryl/α,β-unsaturated/α-hetero) is 1. The van der Waals surface area contributed by atoms with E-state index in [1.807, 2.05) is 31.2 Å². The largest absolute Gasteiger partial charge is 0.507 e. The number of rotatable bonds is 9. The maximum atomic E-state index is 14.1. The molecule has 3 aromatic rings. The molecular formula is C29H28FNO6. The Morgan fingerprint density at radius 2 is 1.76 bits per heavy atom. The average molecular weight is 506 g/mol. The number of ketones is 1. The van der Waals surface area contributed by atoms with Crippen molar-refractivity contribution in [2.45, 2.75) is 19.6 Å². The molecule has 7 nitrogen and oxygen atoms in total. The number of nitrogens with zero attached hydrogens (tertiary/aromatic N) is 1. The summed E-state index contributed by atoms with van der Waals surface area (Å²) in [6, 6.07) is 17.6. The summed E-state index contributed by atoms with van der Waals surface area (Å²) in [4.78, 5) is 27.4. The highest BCUT2D eigenvalue weighted by atomic mass is 19.1. The molecule has 1 fully saturated rings. The van der Waals surface area contributed by atoms with E-state index in [2.05, 4.69) is 0 Å². The molecule has 1 amide bonds. The molecule has 1 aliphatic rings. The minimum atomic E-state index is -0.909. The van der Waals surface area contributed by atoms with E-state index in [4.69, 9.17) is 14.2 Å². The number of halogens is 1. The maximum Gasteiger partial charge on any atom is 0.295 e. The molecule has 1 atom stereocenters. The van der Waals surface area contributed by atoms with E-state index in [9.17, 15) is 19.1 Å². The lowest BCUT2D eigenvalue weighted by Crippen LogP contribution is -2.32. The topological polar surface area (TPSA) is 85.3 Å². The van der Waals surface area contributed by atoms with Crippen LogP contribution in [0.15, 0.2) is 72.3 Å². The first-order chi connectivity index (χ1) is 17.8. The van der Waals surface area contributed by atoms with Gasteiger partial charge < -0.3 is 24.2 Å². The number of aliphatic hydroxyl groups is 1. The number of ether oxygens (including phenoxy) is 3. The third-order valence-corrected chi connectivity index (χ3v) is 6.34. The molecule has 4 rings (SSSR count). The van der Waals surface area contributed by atoms with Crippen molar-refractivity contribution in [2.75, 3.05) is 27.4 Å². The van der Waals surface area contributed by atoms with Gasteiger partial charge in [-0.2, -0.15) is 0 Å². The predicted octanol–water partition coefficient (Wildman–Crippen LogP) is 4.79. The van der Waals surface area contributed by atoms with Crippen molar-refractivity contribution in [1.29, 1.82) is 0 Å². The first-order valence-electron chi connectivity index (χ1n) is 11.7. The Balaban J connectivity index is 1.72. The molecule has 1 N–H and O–H groups in total. The highest BCUT2D eigenvalue weighted by Gasteiger charge is 2.46. The van der Waals surface area contributed by atoms with E-state index in [0.29, 0.717) is 17.9 Å². The van der Waals surface area contributed by atoms with Crippen molar-refractivity contribution in [2.24, 2.45) is 0 Å². The standard InChI is InChI=1S/C29H28FNO6/c1-18-6-4-5-7-20(18)17-37-22-11-8-19(9-12-22)26-25(28(33)29(34)31(26)14-15-35-2)27(32)23-16-21(30)10-13-24(23)36-3/h4-13,16,26,32H,14-15,17H2,1-3H3/b27-25+. The summed E-state index contributed by atoms with van der Waals surface area (Å²) in [5.74, 6) is -2.01. The van der Waals surface area contributed by atoms with Crippen LogP contribution in [-0.2, 0) is 20.9 Å². The molecule has 0 bridgehead atoms. The van der Waals surface area contributed by atoms with E-state index in [1.54, 1.807) is 24.3 Å². The summed E-state index contributed by atoms with van der Waals surface area (Å²) in [5.41, 5.74) is 2.59. The normalized spacial score (nSPS) is 16.8. The zero-order valence-corrected chi connectivity index (χ0v) is 20.9. The lowest BCUT2D eigenvalue weighted by atomic mass is 9.95. The van der Waals surface area contributed by atoms with Crippen LogP contribution >= 0.6 is 0 Å². The summed E-state index contributed by atoms with van der Waals surface area (Å²) >= 11 is 0. The Labute approximate surface area is 214 Å². The van der Waals surface area contributed by atoms with E-state index >= 15 is 0 Å². The van der Waals surface area contributed by atoms with Gasteiger partial charge in [-0.15, -0.1) is 0 Å². The molecule has 1 aliphatic heterocycles. The van der Waals surface area contributed by atoms with Crippen LogP contribution in [0.3, 0.4) is 0 Å². The SMILES string of the molecule is COCCN1C(=O)C(=O)/C(=C(/O)c2cc(F)ccc2OC)C1c1ccc(OCc2ccccc2C)cc1. The second-order valence-electron chi connectivity index (χ2n) is 8.61. The van der Waals surface area contributed by atoms with Gasteiger partial charge in [0.15, 0.2) is 0 Å². The number of methoxy groups -OCH3 is 2. The van der Waals surface area contributed by atoms with Crippen LogP contribution in [0.2, 0.25) is 0 Å². The van der Waals surface area contributed by atoms with Crippen molar-refractivity contribution < 1.29 is 33.3 Å². The van der Waals surface area contributed by atoms with Gasteiger partial charge in [-0.3, -0.25) is 9.59 Å². The van der Waals surface area contributed by atoms with E-state index in [0.717, 1.165) is 17.2 Å². The maximum absolute atomic E-state index is 14.1. The van der Waals surface area contributed by atoms with Crippen LogP contribution in [0.4, 0.5) is 4.39 Å². The summed E-state index contributed by atoms with van der Waals surface area (Å²) in [6.45, 7) is 2.70. The van der Waals surface area contributed by atoms with Gasteiger partial charge in [0.05, 0.1) is 30.9 Å². The molecule has 0 spiro atoms. The van der Waals surface area contributed by atoms with Gasteiger partial charge in [-0.05, 0) is 53.9 Å². The molecule has 1 heterocycles. The van der Waals surface area contributed by atoms with Crippen LogP contribution in [-0.4, -0.2) is 49.1 Å². The van der Waals surface area contributed by atoms with Crippen LogP contribution < -0.4 is 9.47 Å². The van der Waals surface area contributed by atoms with Crippen LogP contribution in [0.25, 0.3) is 5.76 Å². The van der Waals surface area contributed by atoms with Gasteiger partial charge in [-0.1, -0.05) is 36.4 Å². The number of aliphatic hydroxyl groups excluding tert-OH is 1. The van der Waals surface area contributed by atoms with Crippen molar-refractivity contribution in [3.05, 3.63) is 100 Å². The molecule has 192 valence electrons. The minimum absolute atomic E-state index is 0.0181. The molecule has 1 unspecified atom stereocenters. The fourth-order valence-electron chi connectivity index (χ4n) is 4.34. The quantitative estimate of drug-likeness (QED) is 0.256. The monoisotopic (exact) mass is 505 g/mol. The third kappa shape index (κ3) is 5.34. The van der Waals surface area contributed by atoms with Gasteiger partial charge in [0.2, 0.25) is 0 Å². The lowest BCUT2D eigenvalue weighted by Gasteiger charge is -2.25. The van der Waals surface area contributed by atoms with Gasteiger partial charge in [0.25, 0.3) is 11.7 Å². The number of carbonyl (C=O) groups is 2. The summed E-state index contributed by atoms with van der Waals surface area (Å²) < 4.78 is 30.4. The Kier molecular flexibility index (Phi) is 7.89. The zero-order chi connectivity index (χ0) is 26.5. The van der Waals surface area contributed by atoms with Crippen molar-refractivity contribution in [1.82, 2.24) is 4.90 Å². The number of benzene rings is 3. The van der Waals surface area contributed by atoms with Crippen molar-refractivity contribution >= 4 is 17.4 Å². The molecule has 8 heteroatoms. The Bertz CT molecular complexity index is 1330. The number of likely N-dealkylation sites (tertiary alicyclic amines) is 1. The smallest absolute Gasteiger partial charge is 0.295 e. The predicted molar refractivity (Wildman–Crippen MR) is 136 cm³/mol.